The van der Waals surface area contributed by atoms with Crippen molar-refractivity contribution >= 4 is 30.0 Å². The molecule has 1 aliphatic rings. The molecule has 1 heterocycles. The van der Waals surface area contributed by atoms with Gasteiger partial charge in [0.1, 0.15) is 12.4 Å². The van der Waals surface area contributed by atoms with Gasteiger partial charge >= 0.3 is 5.97 Å². The number of likely N-dealkylation sites (tertiary alicyclic amines) is 1. The molecule has 0 bridgehead atoms. The molecule has 3 rings (SSSR count). The smallest absolute Gasteiger partial charge is 0.303 e. The minimum atomic E-state index is -0.722. The van der Waals surface area contributed by atoms with E-state index in [0.717, 1.165) is 43.1 Å². The van der Waals surface area contributed by atoms with E-state index in [1.807, 2.05) is 36.4 Å². The topological polar surface area (TPSA) is 49.8 Å². The first-order valence-electron chi connectivity index (χ1n) is 9.52. The standard InChI is InChI=1S/C22H26ClNO3.ClH/c23-19-9-5-17(6-10-19)15-18-7-11-21(12-8-18)27-16-20-3-1-13-24(20)14-2-4-22(25)26;/h5-12,20H,1-4,13-16H2,(H,25,26);1H. The lowest BCUT2D eigenvalue weighted by atomic mass is 10.1. The van der Waals surface area contributed by atoms with E-state index in [-0.39, 0.29) is 18.8 Å². The van der Waals surface area contributed by atoms with Gasteiger partial charge in [-0.25, -0.2) is 0 Å². The SMILES string of the molecule is Cl.O=C(O)CCCN1CCCC1COc1ccc(Cc2ccc(Cl)cc2)cc1. The quantitative estimate of drug-likeness (QED) is 0.611. The molecule has 1 N–H and O–H groups in total. The molecule has 2 aromatic carbocycles. The van der Waals surface area contributed by atoms with E-state index in [2.05, 4.69) is 17.0 Å². The fourth-order valence-electron chi connectivity index (χ4n) is 3.55. The first kappa shape index (κ1) is 22.5. The van der Waals surface area contributed by atoms with Gasteiger partial charge in [-0.3, -0.25) is 9.69 Å². The Hall–Kier alpha value is -1.75. The zero-order valence-electron chi connectivity index (χ0n) is 15.9. The van der Waals surface area contributed by atoms with Crippen LogP contribution in [0, 0.1) is 0 Å². The van der Waals surface area contributed by atoms with Gasteiger partial charge in [-0.05, 0) is 74.2 Å². The molecular weight excluding hydrogens is 397 g/mol. The van der Waals surface area contributed by atoms with Crippen LogP contribution in [-0.2, 0) is 11.2 Å². The van der Waals surface area contributed by atoms with Crippen molar-refractivity contribution in [2.24, 2.45) is 0 Å². The van der Waals surface area contributed by atoms with Gasteiger partial charge in [-0.15, -0.1) is 12.4 Å². The molecule has 0 aliphatic carbocycles. The third kappa shape index (κ3) is 7.01. The summed E-state index contributed by atoms with van der Waals surface area (Å²) < 4.78 is 5.99. The predicted molar refractivity (Wildman–Crippen MR) is 115 cm³/mol. The summed E-state index contributed by atoms with van der Waals surface area (Å²) in [6.45, 7) is 2.53. The fourth-order valence-corrected chi connectivity index (χ4v) is 3.67. The minimum Gasteiger partial charge on any atom is -0.492 e. The molecule has 1 saturated heterocycles. The van der Waals surface area contributed by atoms with E-state index in [9.17, 15) is 4.79 Å². The normalized spacial score (nSPS) is 16.5. The van der Waals surface area contributed by atoms with Crippen LogP contribution in [0.25, 0.3) is 0 Å². The summed E-state index contributed by atoms with van der Waals surface area (Å²) in [4.78, 5) is 13.0. The Morgan fingerprint density at radius 3 is 2.39 bits per heavy atom. The molecule has 0 spiro atoms. The average Bonchev–Trinajstić information content (AvgIpc) is 3.10. The lowest BCUT2D eigenvalue weighted by Gasteiger charge is -2.24. The van der Waals surface area contributed by atoms with Crippen LogP contribution < -0.4 is 4.74 Å². The van der Waals surface area contributed by atoms with E-state index in [1.165, 1.54) is 11.1 Å². The summed E-state index contributed by atoms with van der Waals surface area (Å²) in [5.41, 5.74) is 2.47. The fraction of sp³-hybridized carbons (Fsp3) is 0.409. The Labute approximate surface area is 177 Å². The summed E-state index contributed by atoms with van der Waals surface area (Å²) in [7, 11) is 0. The van der Waals surface area contributed by atoms with Crippen molar-refractivity contribution in [1.82, 2.24) is 4.90 Å². The summed E-state index contributed by atoms with van der Waals surface area (Å²) in [6, 6.07) is 16.6. The van der Waals surface area contributed by atoms with Crippen LogP contribution in [0.15, 0.2) is 48.5 Å². The Morgan fingerprint density at radius 1 is 1.11 bits per heavy atom. The van der Waals surface area contributed by atoms with Crippen molar-refractivity contribution in [1.29, 1.82) is 0 Å². The highest BCUT2D eigenvalue weighted by Crippen LogP contribution is 2.21. The van der Waals surface area contributed by atoms with E-state index >= 15 is 0 Å². The molecule has 1 atom stereocenters. The second-order valence-electron chi connectivity index (χ2n) is 7.09. The number of benzene rings is 2. The van der Waals surface area contributed by atoms with Crippen LogP contribution in [0.1, 0.15) is 36.8 Å². The number of aliphatic carboxylic acids is 1. The molecule has 6 heteroatoms. The molecule has 28 heavy (non-hydrogen) atoms. The van der Waals surface area contributed by atoms with Crippen LogP contribution in [0.3, 0.4) is 0 Å². The van der Waals surface area contributed by atoms with Crippen molar-refractivity contribution in [3.63, 3.8) is 0 Å². The van der Waals surface area contributed by atoms with E-state index in [4.69, 9.17) is 21.4 Å². The van der Waals surface area contributed by atoms with Gasteiger partial charge < -0.3 is 9.84 Å². The van der Waals surface area contributed by atoms with Crippen LogP contribution in [-0.4, -0.2) is 41.7 Å². The van der Waals surface area contributed by atoms with Crippen LogP contribution in [0.4, 0.5) is 0 Å². The van der Waals surface area contributed by atoms with E-state index < -0.39 is 5.97 Å². The van der Waals surface area contributed by atoms with Gasteiger partial charge in [0.25, 0.3) is 0 Å². The van der Waals surface area contributed by atoms with Gasteiger partial charge in [0.05, 0.1) is 0 Å². The number of hydrogen-bond acceptors (Lipinski definition) is 3. The van der Waals surface area contributed by atoms with Gasteiger partial charge in [0.15, 0.2) is 0 Å². The molecule has 0 radical (unpaired) electrons. The average molecular weight is 424 g/mol. The van der Waals surface area contributed by atoms with Crippen molar-refractivity contribution in [3.8, 4) is 5.75 Å². The van der Waals surface area contributed by atoms with Crippen molar-refractivity contribution in [2.45, 2.75) is 38.1 Å². The van der Waals surface area contributed by atoms with Gasteiger partial charge in [0.2, 0.25) is 0 Å². The second kappa shape index (κ2) is 11.3. The molecule has 1 unspecified atom stereocenters. The van der Waals surface area contributed by atoms with Gasteiger partial charge in [0, 0.05) is 17.5 Å². The lowest BCUT2D eigenvalue weighted by Crippen LogP contribution is -2.35. The maximum absolute atomic E-state index is 10.7. The molecule has 2 aromatic rings. The number of nitrogens with zero attached hydrogens (tertiary/aromatic N) is 1. The van der Waals surface area contributed by atoms with Crippen LogP contribution >= 0.6 is 24.0 Å². The summed E-state index contributed by atoms with van der Waals surface area (Å²) in [6.07, 6.45) is 4.07. The number of rotatable bonds is 9. The molecule has 0 aromatic heterocycles. The third-order valence-electron chi connectivity index (χ3n) is 5.02. The highest BCUT2D eigenvalue weighted by molar-refractivity contribution is 6.30. The van der Waals surface area contributed by atoms with Crippen molar-refractivity contribution in [3.05, 3.63) is 64.7 Å². The largest absolute Gasteiger partial charge is 0.492 e. The number of carboxylic acids is 1. The maximum atomic E-state index is 10.7. The number of carbonyl (C=O) groups is 1. The number of hydrogen-bond donors (Lipinski definition) is 1. The maximum Gasteiger partial charge on any atom is 0.303 e. The zero-order valence-corrected chi connectivity index (χ0v) is 17.4. The number of carboxylic acid groups (broad SMARTS) is 1. The van der Waals surface area contributed by atoms with Crippen molar-refractivity contribution < 1.29 is 14.6 Å². The van der Waals surface area contributed by atoms with E-state index in [0.29, 0.717) is 19.1 Å². The first-order valence-corrected chi connectivity index (χ1v) is 9.90. The van der Waals surface area contributed by atoms with Crippen LogP contribution in [0.5, 0.6) is 5.75 Å². The molecule has 152 valence electrons. The van der Waals surface area contributed by atoms with Crippen molar-refractivity contribution in [2.75, 3.05) is 19.7 Å². The Balaban J connectivity index is 0.00000280. The first-order chi connectivity index (χ1) is 13.1. The van der Waals surface area contributed by atoms with Gasteiger partial charge in [-0.1, -0.05) is 35.9 Å². The molecule has 0 amide bonds. The summed E-state index contributed by atoms with van der Waals surface area (Å²) in [5.74, 6) is 0.160. The van der Waals surface area contributed by atoms with E-state index in [1.54, 1.807) is 0 Å². The summed E-state index contributed by atoms with van der Waals surface area (Å²) in [5, 5.41) is 9.54. The number of ether oxygens (including phenoxy) is 1. The summed E-state index contributed by atoms with van der Waals surface area (Å²) >= 11 is 5.93. The molecule has 1 aliphatic heterocycles. The molecule has 1 fully saturated rings. The highest BCUT2D eigenvalue weighted by Gasteiger charge is 2.24. The van der Waals surface area contributed by atoms with Gasteiger partial charge in [-0.2, -0.15) is 0 Å². The molecule has 0 saturated carbocycles. The lowest BCUT2D eigenvalue weighted by molar-refractivity contribution is -0.137. The highest BCUT2D eigenvalue weighted by atomic mass is 35.5. The third-order valence-corrected chi connectivity index (χ3v) is 5.27. The molecule has 4 nitrogen and oxygen atoms in total. The predicted octanol–water partition coefficient (Wildman–Crippen LogP) is 5.06. The Morgan fingerprint density at radius 2 is 1.75 bits per heavy atom. The van der Waals surface area contributed by atoms with Crippen LogP contribution in [0.2, 0.25) is 5.02 Å². The Bertz CT molecular complexity index is 734. The zero-order chi connectivity index (χ0) is 19.1. The number of halogens is 2. The Kier molecular flexibility index (Phi) is 9.10. The molecular formula is C22H27Cl2NO3. The monoisotopic (exact) mass is 423 g/mol. The second-order valence-corrected chi connectivity index (χ2v) is 7.52. The minimum absolute atomic E-state index is 0.